The molecule has 0 aliphatic heterocycles. The highest BCUT2D eigenvalue weighted by Gasteiger charge is 2.12. The highest BCUT2D eigenvalue weighted by Crippen LogP contribution is 2.31. The van der Waals surface area contributed by atoms with E-state index in [1.165, 1.54) is 18.9 Å². The third kappa shape index (κ3) is 4.12. The molecule has 1 aromatic heterocycles. The molecule has 5 nitrogen and oxygen atoms in total. The number of para-hydroxylation sites is 1. The van der Waals surface area contributed by atoms with Crippen molar-refractivity contribution in [2.75, 3.05) is 18.2 Å². The lowest BCUT2D eigenvalue weighted by molar-refractivity contribution is -0.113. The van der Waals surface area contributed by atoms with Gasteiger partial charge in [-0.2, -0.15) is 0 Å². The fourth-order valence-electron chi connectivity index (χ4n) is 2.76. The summed E-state index contributed by atoms with van der Waals surface area (Å²) in [5.41, 5.74) is 2.14. The van der Waals surface area contributed by atoms with E-state index in [0.29, 0.717) is 16.5 Å². The summed E-state index contributed by atoms with van der Waals surface area (Å²) in [6, 6.07) is 12.7. The first kappa shape index (κ1) is 19.3. The minimum atomic E-state index is -0.190. The second-order valence-corrected chi connectivity index (χ2v) is 7.49. The van der Waals surface area contributed by atoms with Crippen LogP contribution in [0.4, 0.5) is 5.69 Å². The number of nitrogens with zero attached hydrogens (tertiary/aromatic N) is 1. The summed E-state index contributed by atoms with van der Waals surface area (Å²) in [6.07, 6.45) is 0. The van der Waals surface area contributed by atoms with E-state index < -0.39 is 0 Å². The first-order valence-electron chi connectivity index (χ1n) is 8.26. The maximum absolute atomic E-state index is 12.4. The number of carbonyl (C=O) groups excluding carboxylic acids is 1. The van der Waals surface area contributed by atoms with Crippen LogP contribution >= 0.6 is 23.4 Å². The molecule has 0 atom stereocenters. The van der Waals surface area contributed by atoms with Crippen LogP contribution in [0.3, 0.4) is 0 Å². The molecule has 0 unspecified atom stereocenters. The second kappa shape index (κ2) is 8.06. The number of rotatable bonds is 5. The summed E-state index contributed by atoms with van der Waals surface area (Å²) in [4.78, 5) is 25.4. The van der Waals surface area contributed by atoms with E-state index >= 15 is 0 Å². The van der Waals surface area contributed by atoms with E-state index in [0.717, 1.165) is 21.4 Å². The molecule has 1 heterocycles. The molecule has 0 aliphatic rings. The van der Waals surface area contributed by atoms with Gasteiger partial charge < -0.3 is 14.6 Å². The number of thioether (sulfide) groups is 1. The lowest BCUT2D eigenvalue weighted by Crippen LogP contribution is -2.17. The van der Waals surface area contributed by atoms with Gasteiger partial charge in [0.05, 0.1) is 24.1 Å². The molecule has 140 valence electrons. The number of anilines is 1. The maximum Gasteiger partial charge on any atom is 0.251 e. The van der Waals surface area contributed by atoms with E-state index in [4.69, 9.17) is 16.3 Å². The Morgan fingerprint density at radius 1 is 1.26 bits per heavy atom. The predicted molar refractivity (Wildman–Crippen MR) is 111 cm³/mol. The van der Waals surface area contributed by atoms with Gasteiger partial charge in [-0.1, -0.05) is 29.8 Å². The number of nitrogens with one attached hydrogen (secondary N) is 1. The van der Waals surface area contributed by atoms with Crippen LogP contribution in [0.2, 0.25) is 5.02 Å². The zero-order valence-corrected chi connectivity index (χ0v) is 16.8. The fraction of sp³-hybridized carbons (Fsp3) is 0.200. The van der Waals surface area contributed by atoms with Crippen LogP contribution in [0.1, 0.15) is 5.56 Å². The number of benzene rings is 2. The topological polar surface area (TPSA) is 60.3 Å². The third-order valence-corrected chi connectivity index (χ3v) is 5.69. The highest BCUT2D eigenvalue weighted by atomic mass is 35.5. The Hall–Kier alpha value is -2.44. The average Bonchev–Trinajstić information content (AvgIpc) is 2.66. The number of aryl methyl sites for hydroxylation is 2. The van der Waals surface area contributed by atoms with Crippen molar-refractivity contribution in [1.29, 1.82) is 0 Å². The molecule has 0 spiro atoms. The van der Waals surface area contributed by atoms with Gasteiger partial charge in [-0.05, 0) is 24.6 Å². The highest BCUT2D eigenvalue weighted by molar-refractivity contribution is 8.00. The normalized spacial score (nSPS) is 10.8. The fourth-order valence-corrected chi connectivity index (χ4v) is 3.78. The quantitative estimate of drug-likeness (QED) is 0.648. The van der Waals surface area contributed by atoms with Crippen molar-refractivity contribution in [3.63, 3.8) is 0 Å². The Balaban J connectivity index is 1.79. The summed E-state index contributed by atoms with van der Waals surface area (Å²) in [5, 5.41) is 4.36. The molecule has 0 saturated heterocycles. The summed E-state index contributed by atoms with van der Waals surface area (Å²) in [7, 11) is 3.26. The molecule has 0 radical (unpaired) electrons. The van der Waals surface area contributed by atoms with Crippen LogP contribution in [-0.2, 0) is 11.8 Å². The first-order chi connectivity index (χ1) is 12.9. The lowest BCUT2D eigenvalue weighted by Gasteiger charge is -2.13. The van der Waals surface area contributed by atoms with Crippen molar-refractivity contribution >= 4 is 45.9 Å². The molecule has 7 heteroatoms. The van der Waals surface area contributed by atoms with Gasteiger partial charge in [-0.25, -0.2) is 0 Å². The van der Waals surface area contributed by atoms with Gasteiger partial charge in [0.1, 0.15) is 5.75 Å². The number of methoxy groups -OCH3 is 1. The van der Waals surface area contributed by atoms with Crippen LogP contribution in [0.25, 0.3) is 10.9 Å². The van der Waals surface area contributed by atoms with Gasteiger partial charge in [0.2, 0.25) is 5.91 Å². The molecule has 1 amide bonds. The number of carbonyl (C=O) groups is 1. The Kier molecular flexibility index (Phi) is 5.77. The second-order valence-electron chi connectivity index (χ2n) is 6.06. The van der Waals surface area contributed by atoms with Gasteiger partial charge >= 0.3 is 0 Å². The Bertz CT molecular complexity index is 1080. The molecule has 2 aromatic carbocycles. The number of aromatic nitrogens is 1. The number of hydrogen-bond donors (Lipinski definition) is 1. The van der Waals surface area contributed by atoms with Crippen molar-refractivity contribution < 1.29 is 9.53 Å². The number of halogens is 1. The summed E-state index contributed by atoms with van der Waals surface area (Å²) < 4.78 is 6.88. The molecule has 0 aliphatic carbocycles. The molecule has 0 saturated carbocycles. The average molecular weight is 403 g/mol. The zero-order valence-electron chi connectivity index (χ0n) is 15.2. The number of pyridine rings is 1. The molecule has 0 bridgehead atoms. The van der Waals surface area contributed by atoms with E-state index in [2.05, 4.69) is 5.32 Å². The summed E-state index contributed by atoms with van der Waals surface area (Å²) in [6.45, 7) is 1.86. The minimum Gasteiger partial charge on any atom is -0.495 e. The molecule has 3 rings (SSSR count). The van der Waals surface area contributed by atoms with Crippen LogP contribution in [0, 0.1) is 6.92 Å². The van der Waals surface area contributed by atoms with Crippen LogP contribution in [-0.4, -0.2) is 23.3 Å². The van der Waals surface area contributed by atoms with E-state index in [9.17, 15) is 9.59 Å². The summed E-state index contributed by atoms with van der Waals surface area (Å²) >= 11 is 7.43. The van der Waals surface area contributed by atoms with Gasteiger partial charge in [0, 0.05) is 34.5 Å². The molecule has 27 heavy (non-hydrogen) atoms. The minimum absolute atomic E-state index is 0.105. The molecular weight excluding hydrogens is 384 g/mol. The monoisotopic (exact) mass is 402 g/mol. The number of fused-ring (bicyclic) bond motifs is 1. The Labute approximate surface area is 166 Å². The van der Waals surface area contributed by atoms with Crippen LogP contribution < -0.4 is 15.6 Å². The Morgan fingerprint density at radius 2 is 2.00 bits per heavy atom. The van der Waals surface area contributed by atoms with E-state index in [-0.39, 0.29) is 17.2 Å². The summed E-state index contributed by atoms with van der Waals surface area (Å²) in [5.74, 6) is 0.481. The number of amides is 1. The van der Waals surface area contributed by atoms with Gasteiger partial charge in [0.25, 0.3) is 5.56 Å². The van der Waals surface area contributed by atoms with E-state index in [1.807, 2.05) is 31.2 Å². The molecular formula is C20H19ClN2O3S. The van der Waals surface area contributed by atoms with Crippen molar-refractivity contribution in [2.24, 2.45) is 7.05 Å². The molecule has 3 aromatic rings. The van der Waals surface area contributed by atoms with Gasteiger partial charge in [-0.15, -0.1) is 11.8 Å². The third-order valence-electron chi connectivity index (χ3n) is 4.23. The van der Waals surface area contributed by atoms with Crippen molar-refractivity contribution in [2.45, 2.75) is 11.8 Å². The Morgan fingerprint density at radius 3 is 2.74 bits per heavy atom. The SMILES string of the molecule is COc1cc(Cl)c(C)cc1NC(=O)CSc1cc(=O)n(C)c2ccccc12. The van der Waals surface area contributed by atoms with Crippen molar-refractivity contribution in [1.82, 2.24) is 4.57 Å². The van der Waals surface area contributed by atoms with Crippen LogP contribution in [0.15, 0.2) is 52.2 Å². The van der Waals surface area contributed by atoms with Gasteiger partial charge in [-0.3, -0.25) is 9.59 Å². The molecule has 0 fully saturated rings. The lowest BCUT2D eigenvalue weighted by atomic mass is 10.2. The number of hydrogen-bond acceptors (Lipinski definition) is 4. The zero-order chi connectivity index (χ0) is 19.6. The predicted octanol–water partition coefficient (Wildman–Crippen LogP) is 4.24. The first-order valence-corrected chi connectivity index (χ1v) is 9.62. The van der Waals surface area contributed by atoms with Gasteiger partial charge in [0.15, 0.2) is 0 Å². The van der Waals surface area contributed by atoms with Crippen LogP contribution in [0.5, 0.6) is 5.75 Å². The number of ether oxygens (including phenoxy) is 1. The van der Waals surface area contributed by atoms with Crippen molar-refractivity contribution in [3.8, 4) is 5.75 Å². The van der Waals surface area contributed by atoms with Crippen molar-refractivity contribution in [3.05, 3.63) is 63.4 Å². The molecule has 1 N–H and O–H groups in total. The smallest absolute Gasteiger partial charge is 0.251 e. The maximum atomic E-state index is 12.4. The van der Waals surface area contributed by atoms with E-state index in [1.54, 1.807) is 29.8 Å². The largest absolute Gasteiger partial charge is 0.495 e. The standard InChI is InChI=1S/C20H19ClN2O3S/c1-12-8-15(17(26-3)9-14(12)21)22-19(24)11-27-18-10-20(25)23(2)16-7-5-4-6-13(16)18/h4-10H,11H2,1-3H3,(H,22,24).